The van der Waals surface area contributed by atoms with Gasteiger partial charge >= 0.3 is 6.09 Å². The average Bonchev–Trinajstić information content (AvgIpc) is 2.10. The highest BCUT2D eigenvalue weighted by Crippen LogP contribution is 2.22. The van der Waals surface area contributed by atoms with Crippen LogP contribution in [0.2, 0.25) is 0 Å². The van der Waals surface area contributed by atoms with Crippen LogP contribution in [0.5, 0.6) is 0 Å². The molecule has 0 bridgehead atoms. The second-order valence-electron chi connectivity index (χ2n) is 6.72. The van der Waals surface area contributed by atoms with Crippen molar-refractivity contribution in [1.29, 1.82) is 0 Å². The number of alkyl carbamates (subject to hydrolysis) is 1. The largest absolute Gasteiger partial charge is 0.444 e. The Labute approximate surface area is 118 Å². The van der Waals surface area contributed by atoms with Crippen LogP contribution < -0.4 is 5.32 Å². The van der Waals surface area contributed by atoms with E-state index in [0.29, 0.717) is 5.92 Å². The summed E-state index contributed by atoms with van der Waals surface area (Å²) in [6.45, 7) is 12.1. The topological polar surface area (TPSA) is 41.6 Å². The molecule has 0 aromatic rings. The Morgan fingerprint density at radius 2 is 2.11 bits per heavy atom. The number of nitrogens with one attached hydrogen (secondary N) is 1. The molecule has 5 heteroatoms. The highest BCUT2D eigenvalue weighted by Gasteiger charge is 2.28. The minimum atomic E-state index is -0.435. The molecule has 1 saturated heterocycles. The van der Waals surface area contributed by atoms with Crippen molar-refractivity contribution in [2.45, 2.75) is 45.8 Å². The van der Waals surface area contributed by atoms with E-state index in [1.54, 1.807) is 0 Å². The molecule has 3 atom stereocenters. The Balaban J connectivity index is 2.48. The number of carbonyl (C=O) groups excluding carboxylic acids is 1. The Hall–Kier alpha value is -0.600. The number of hydrogen-bond acceptors (Lipinski definition) is 3. The van der Waals surface area contributed by atoms with Crippen LogP contribution in [-0.2, 0) is 4.74 Å². The van der Waals surface area contributed by atoms with Gasteiger partial charge in [-0.05, 0) is 33.1 Å². The predicted octanol–water partition coefficient (Wildman–Crippen LogP) is 2.72. The third-order valence-corrected chi connectivity index (χ3v) is 3.78. The molecule has 1 aliphatic heterocycles. The molecule has 1 amide bonds. The van der Waals surface area contributed by atoms with Gasteiger partial charge in [0, 0.05) is 19.1 Å². The van der Waals surface area contributed by atoms with Gasteiger partial charge in [0.1, 0.15) is 5.60 Å². The van der Waals surface area contributed by atoms with E-state index >= 15 is 0 Å². The van der Waals surface area contributed by atoms with Crippen LogP contribution >= 0.6 is 7.55 Å². The van der Waals surface area contributed by atoms with Gasteiger partial charge in [-0.1, -0.05) is 6.92 Å². The molecule has 4 nitrogen and oxygen atoms in total. The van der Waals surface area contributed by atoms with Crippen molar-refractivity contribution >= 4 is 19.9 Å². The molecular formula is C14H28N2O2P+. The number of rotatable bonds is 3. The van der Waals surface area contributed by atoms with Gasteiger partial charge in [-0.3, -0.25) is 4.90 Å². The molecule has 0 saturated carbocycles. The summed E-state index contributed by atoms with van der Waals surface area (Å²) in [5.74, 6) is 0.601. The van der Waals surface area contributed by atoms with Gasteiger partial charge in [-0.15, -0.1) is 0 Å². The summed E-state index contributed by atoms with van der Waals surface area (Å²) in [6.07, 6.45) is 5.87. The lowest BCUT2D eigenvalue weighted by molar-refractivity contribution is 0.0462. The van der Waals surface area contributed by atoms with E-state index < -0.39 is 5.60 Å². The van der Waals surface area contributed by atoms with Crippen LogP contribution in [0, 0.1) is 5.92 Å². The van der Waals surface area contributed by atoms with Crippen LogP contribution in [-0.4, -0.2) is 55.0 Å². The minimum absolute atomic E-state index is 0.172. The number of piperidine rings is 1. The first-order chi connectivity index (χ1) is 8.65. The van der Waals surface area contributed by atoms with Crippen molar-refractivity contribution in [3.05, 3.63) is 0 Å². The number of likely N-dealkylation sites (tertiary alicyclic amines) is 1. The molecule has 1 fully saturated rings. The molecule has 1 aliphatic rings. The van der Waals surface area contributed by atoms with Crippen molar-refractivity contribution < 1.29 is 9.53 Å². The molecule has 1 rings (SSSR count). The lowest BCUT2D eigenvalue weighted by Crippen LogP contribution is -2.51. The minimum Gasteiger partial charge on any atom is -0.444 e. The van der Waals surface area contributed by atoms with Gasteiger partial charge in [-0.25, -0.2) is 4.79 Å². The van der Waals surface area contributed by atoms with E-state index in [-0.39, 0.29) is 19.7 Å². The lowest BCUT2D eigenvalue weighted by atomic mass is 9.96. The highest BCUT2D eigenvalue weighted by atomic mass is 31.1. The molecule has 0 spiro atoms. The van der Waals surface area contributed by atoms with E-state index in [1.807, 2.05) is 20.8 Å². The van der Waals surface area contributed by atoms with E-state index in [1.165, 1.54) is 0 Å². The number of amides is 1. The molecule has 1 N–H and O–H groups in total. The van der Waals surface area contributed by atoms with Gasteiger partial charge in [-0.2, -0.15) is 0 Å². The summed E-state index contributed by atoms with van der Waals surface area (Å²) < 4.78 is 5.32. The van der Waals surface area contributed by atoms with Crippen molar-refractivity contribution in [2.24, 2.45) is 5.92 Å². The average molecular weight is 287 g/mol. The zero-order valence-electron chi connectivity index (χ0n) is 12.9. The fraction of sp³-hybridized carbons (Fsp3) is 0.857. The third kappa shape index (κ3) is 6.93. The number of nitrogens with zero attached hydrogens (tertiary/aromatic N) is 1. The Kier molecular flexibility index (Phi) is 5.82. The Morgan fingerprint density at radius 1 is 1.47 bits per heavy atom. The predicted molar refractivity (Wildman–Crippen MR) is 83.3 cm³/mol. The Morgan fingerprint density at radius 3 is 2.63 bits per heavy atom. The summed E-state index contributed by atoms with van der Waals surface area (Å²) in [5, 5.41) is 2.99. The maximum absolute atomic E-state index is 11.8. The summed E-state index contributed by atoms with van der Waals surface area (Å²) in [7, 11) is -0.172. The lowest BCUT2D eigenvalue weighted by Gasteiger charge is -2.35. The molecule has 0 aromatic carbocycles. The fourth-order valence-corrected chi connectivity index (χ4v) is 3.41. The zero-order valence-corrected chi connectivity index (χ0v) is 13.8. The summed E-state index contributed by atoms with van der Waals surface area (Å²) >= 11 is 0. The van der Waals surface area contributed by atoms with Crippen LogP contribution in [0.15, 0.2) is 0 Å². The molecule has 0 aromatic heterocycles. The van der Waals surface area contributed by atoms with Crippen LogP contribution in [0.1, 0.15) is 34.1 Å². The summed E-state index contributed by atoms with van der Waals surface area (Å²) in [4.78, 5) is 14.2. The normalized spacial score (nSPS) is 25.8. The maximum atomic E-state index is 11.8. The van der Waals surface area contributed by atoms with Crippen molar-refractivity contribution in [1.82, 2.24) is 10.2 Å². The van der Waals surface area contributed by atoms with Gasteiger partial charge in [0.2, 0.25) is 0 Å². The van der Waals surface area contributed by atoms with Crippen molar-refractivity contribution in [3.63, 3.8) is 0 Å². The first kappa shape index (κ1) is 16.5. The smallest absolute Gasteiger partial charge is 0.407 e. The molecule has 1 heterocycles. The van der Waals surface area contributed by atoms with Crippen LogP contribution in [0.4, 0.5) is 4.79 Å². The van der Waals surface area contributed by atoms with E-state index in [4.69, 9.17) is 4.74 Å². The van der Waals surface area contributed by atoms with Gasteiger partial charge in [0.25, 0.3) is 0 Å². The molecular weight excluding hydrogens is 259 g/mol. The van der Waals surface area contributed by atoms with Gasteiger partial charge in [0.15, 0.2) is 6.29 Å². The van der Waals surface area contributed by atoms with Crippen molar-refractivity contribution in [2.75, 3.05) is 26.0 Å². The monoisotopic (exact) mass is 287 g/mol. The molecule has 3 unspecified atom stereocenters. The second-order valence-corrected chi connectivity index (χ2v) is 8.71. The molecule has 0 radical (unpaired) electrons. The van der Waals surface area contributed by atoms with Crippen LogP contribution in [0.25, 0.3) is 0 Å². The van der Waals surface area contributed by atoms with Gasteiger partial charge < -0.3 is 10.1 Å². The zero-order chi connectivity index (χ0) is 14.6. The molecule has 19 heavy (non-hydrogen) atoms. The number of ether oxygens (including phenoxy) is 1. The molecule has 0 aliphatic carbocycles. The summed E-state index contributed by atoms with van der Waals surface area (Å²) in [6, 6.07) is 0.188. The van der Waals surface area contributed by atoms with Crippen LogP contribution in [0.3, 0.4) is 0 Å². The second kappa shape index (κ2) is 6.71. The SMILES string of the molecule is C=[P+](C)CN1CC(C)CC(NC(=O)OC(C)(C)C)C1. The van der Waals surface area contributed by atoms with Crippen molar-refractivity contribution in [3.8, 4) is 0 Å². The van der Waals surface area contributed by atoms with E-state index in [9.17, 15) is 4.79 Å². The standard InChI is InChI=1S/C14H27N2O2P/c1-11-7-12(9-16(8-11)10-19(5)6)15-13(17)18-14(2,3)4/h11-12H,5,7-10H2,1-4,6H3/p+1. The van der Waals surface area contributed by atoms with E-state index in [0.717, 1.165) is 25.8 Å². The first-order valence-corrected chi connectivity index (χ1v) is 9.05. The number of carbonyl (C=O) groups is 1. The number of hydrogen-bond donors (Lipinski definition) is 1. The Bertz CT molecular complexity index is 339. The maximum Gasteiger partial charge on any atom is 0.407 e. The molecule has 110 valence electrons. The fourth-order valence-electron chi connectivity index (χ4n) is 2.50. The first-order valence-electron chi connectivity index (χ1n) is 6.89. The van der Waals surface area contributed by atoms with Gasteiger partial charge in [0.05, 0.1) is 20.5 Å². The summed E-state index contributed by atoms with van der Waals surface area (Å²) in [5.41, 5.74) is -0.435. The highest BCUT2D eigenvalue weighted by molar-refractivity contribution is 7.54. The van der Waals surface area contributed by atoms with E-state index in [2.05, 4.69) is 30.1 Å². The quantitative estimate of drug-likeness (QED) is 0.812. The third-order valence-electron chi connectivity index (χ3n) is 2.90.